The van der Waals surface area contributed by atoms with E-state index in [0.717, 1.165) is 10.6 Å². The van der Waals surface area contributed by atoms with Gasteiger partial charge in [0.25, 0.3) is 11.5 Å². The Bertz CT molecular complexity index is 1860. The van der Waals surface area contributed by atoms with Crippen molar-refractivity contribution in [3.63, 3.8) is 0 Å². The number of carbonyl (C=O) groups excluding carboxylic acids is 2. The molecule has 4 rings (SSSR count). The van der Waals surface area contributed by atoms with E-state index in [-0.39, 0.29) is 45.3 Å². The number of fused-ring (bicyclic) bond motifs is 1. The molecule has 0 aliphatic rings. The number of aliphatic carboxylic acids is 1. The predicted molar refractivity (Wildman–Crippen MR) is 172 cm³/mol. The molecule has 0 spiro atoms. The van der Waals surface area contributed by atoms with Crippen LogP contribution >= 0.6 is 23.2 Å². The van der Waals surface area contributed by atoms with E-state index in [1.807, 2.05) is 0 Å². The minimum absolute atomic E-state index is 0.0352. The van der Waals surface area contributed by atoms with Gasteiger partial charge in [0.05, 0.1) is 44.4 Å². The second-order valence-electron chi connectivity index (χ2n) is 11.5. The Hall–Kier alpha value is -4.19. The first kappa shape index (κ1) is 32.7. The van der Waals surface area contributed by atoms with Crippen molar-refractivity contribution in [2.24, 2.45) is 7.05 Å². The topological polar surface area (TPSA) is 137 Å². The Kier molecular flexibility index (Phi) is 9.82. The van der Waals surface area contributed by atoms with Crippen LogP contribution in [0.4, 0.5) is 0 Å². The Morgan fingerprint density at radius 2 is 1.61 bits per heavy atom. The maximum atomic E-state index is 13.5. The van der Waals surface area contributed by atoms with Gasteiger partial charge in [-0.05, 0) is 54.1 Å². The highest BCUT2D eigenvalue weighted by Crippen LogP contribution is 2.24. The summed E-state index contributed by atoms with van der Waals surface area (Å²) in [4.78, 5) is 64.1. The molecule has 0 radical (unpaired) electrons. The maximum Gasteiger partial charge on any atom is 0.338 e. The second-order valence-corrected chi connectivity index (χ2v) is 17.9. The van der Waals surface area contributed by atoms with Gasteiger partial charge in [-0.25, -0.2) is 19.0 Å². The molecule has 0 saturated carbocycles. The second kappa shape index (κ2) is 13.2. The number of ether oxygens (including phenoxy) is 1. The largest absolute Gasteiger partial charge is 0.480 e. The zero-order valence-corrected chi connectivity index (χ0v) is 27.0. The number of hydrogen-bond donors (Lipinski definition) is 2. The molecule has 0 bridgehead atoms. The Labute approximate surface area is 263 Å². The number of esters is 1. The molecular formula is C31H31Cl2N3O7Si. The third kappa shape index (κ3) is 7.29. The first-order valence-corrected chi connectivity index (χ1v) is 18.1. The molecule has 0 saturated heterocycles. The number of hydrogen-bond acceptors (Lipinski definition) is 6. The lowest BCUT2D eigenvalue weighted by molar-refractivity contribution is -0.139. The van der Waals surface area contributed by atoms with Crippen molar-refractivity contribution < 1.29 is 24.2 Å². The van der Waals surface area contributed by atoms with Crippen molar-refractivity contribution >= 4 is 60.0 Å². The van der Waals surface area contributed by atoms with E-state index in [0.29, 0.717) is 11.1 Å². The molecule has 3 aromatic carbocycles. The molecule has 1 aromatic heterocycles. The van der Waals surface area contributed by atoms with Crippen molar-refractivity contribution in [1.82, 2.24) is 14.5 Å². The van der Waals surface area contributed by atoms with Gasteiger partial charge in [0, 0.05) is 21.5 Å². The van der Waals surface area contributed by atoms with Gasteiger partial charge in [0.2, 0.25) is 0 Å². The summed E-state index contributed by atoms with van der Waals surface area (Å²) in [5, 5.41) is 12.5. The van der Waals surface area contributed by atoms with Crippen LogP contribution in [-0.2, 0) is 23.0 Å². The lowest BCUT2D eigenvalue weighted by Crippen LogP contribution is -2.42. The highest BCUT2D eigenvalue weighted by atomic mass is 35.5. The van der Waals surface area contributed by atoms with E-state index in [4.69, 9.17) is 27.9 Å². The van der Waals surface area contributed by atoms with Crippen molar-refractivity contribution in [3.05, 3.63) is 108 Å². The maximum absolute atomic E-state index is 13.5. The first-order valence-electron chi connectivity index (χ1n) is 13.7. The van der Waals surface area contributed by atoms with Crippen LogP contribution in [0.1, 0.15) is 26.3 Å². The van der Waals surface area contributed by atoms with Gasteiger partial charge >= 0.3 is 17.6 Å². The number of nitrogens with one attached hydrogen (secondary N) is 1. The number of benzene rings is 3. The quantitative estimate of drug-likeness (QED) is 0.183. The molecule has 0 aliphatic carbocycles. The summed E-state index contributed by atoms with van der Waals surface area (Å²) in [5.41, 5.74) is 0.0411. The smallest absolute Gasteiger partial charge is 0.338 e. The molecule has 0 aliphatic heterocycles. The number of rotatable bonds is 10. The number of carbonyl (C=O) groups is 3. The predicted octanol–water partition coefficient (Wildman–Crippen LogP) is 4.92. The number of carboxylic acid groups (broad SMARTS) is 1. The number of carboxylic acids is 1. The summed E-state index contributed by atoms with van der Waals surface area (Å²) in [5.74, 6) is -2.57. The fourth-order valence-corrected chi connectivity index (χ4v) is 5.79. The summed E-state index contributed by atoms with van der Waals surface area (Å²) < 4.78 is 7.70. The van der Waals surface area contributed by atoms with Crippen LogP contribution < -0.4 is 16.6 Å². The van der Waals surface area contributed by atoms with E-state index < -0.39 is 43.2 Å². The zero-order valence-electron chi connectivity index (χ0n) is 24.5. The molecule has 1 amide bonds. The fraction of sp³-hybridized carbons (Fsp3) is 0.258. The molecule has 1 atom stereocenters. The molecule has 2 N–H and O–H groups in total. The summed E-state index contributed by atoms with van der Waals surface area (Å²) in [7, 11) is 0.113. The first-order chi connectivity index (χ1) is 20.7. The van der Waals surface area contributed by atoms with E-state index in [2.05, 4.69) is 25.0 Å². The molecule has 44 heavy (non-hydrogen) atoms. The number of nitrogens with zero attached hydrogens (tertiary/aromatic N) is 2. The van der Waals surface area contributed by atoms with Gasteiger partial charge in [-0.2, -0.15) is 0 Å². The number of aryl methyl sites for hydroxylation is 1. The molecule has 0 unspecified atom stereocenters. The summed E-state index contributed by atoms with van der Waals surface area (Å²) in [6, 6.07) is 14.6. The summed E-state index contributed by atoms with van der Waals surface area (Å²) >= 11 is 12.2. The minimum atomic E-state index is -1.41. The molecular weight excluding hydrogens is 625 g/mol. The lowest BCUT2D eigenvalue weighted by Gasteiger charge is -2.16. The van der Waals surface area contributed by atoms with Crippen LogP contribution in [0.5, 0.6) is 0 Å². The van der Waals surface area contributed by atoms with Crippen molar-refractivity contribution in [2.75, 3.05) is 6.61 Å². The monoisotopic (exact) mass is 655 g/mol. The SMILES string of the molecule is Cn1c(=O)n(-c2ccc(C[C@H](NC(=O)c3c(Cl)cccc3Cl)C(=O)O)cc2)c(=O)c2cc(C(=O)OCC[Si](C)(C)C)ccc21. The third-order valence-corrected chi connectivity index (χ3v) is 9.35. The van der Waals surface area contributed by atoms with Crippen LogP contribution in [0.3, 0.4) is 0 Å². The van der Waals surface area contributed by atoms with Gasteiger partial charge in [-0.15, -0.1) is 0 Å². The fourth-order valence-electron chi connectivity index (χ4n) is 4.51. The Morgan fingerprint density at radius 3 is 2.20 bits per heavy atom. The normalized spacial score (nSPS) is 12.1. The van der Waals surface area contributed by atoms with E-state index in [1.165, 1.54) is 54.1 Å². The standard InChI is InChI=1S/C31H31Cl2N3O7Si/c1-35-25-13-10-19(30(41)43-14-15-44(2,3)4)17-21(25)28(38)36(31(35)42)20-11-8-18(9-12-20)16-24(29(39)40)34-27(37)26-22(32)6-5-7-23(26)33/h5-13,17,24H,14-16H2,1-4H3,(H,34,37)(H,39,40)/t24-/m0/s1. The molecule has 10 nitrogen and oxygen atoms in total. The average molecular weight is 657 g/mol. The summed E-state index contributed by atoms with van der Waals surface area (Å²) in [6.07, 6.45) is -0.1000. The van der Waals surface area contributed by atoms with Crippen molar-refractivity contribution in [3.8, 4) is 5.69 Å². The molecule has 1 heterocycles. The van der Waals surface area contributed by atoms with Crippen LogP contribution in [-0.4, -0.2) is 52.8 Å². The highest BCUT2D eigenvalue weighted by molar-refractivity contribution is 6.76. The Balaban J connectivity index is 1.60. The summed E-state index contributed by atoms with van der Waals surface area (Å²) in [6.45, 7) is 6.81. The van der Waals surface area contributed by atoms with Crippen molar-refractivity contribution in [2.45, 2.75) is 38.1 Å². The van der Waals surface area contributed by atoms with Crippen LogP contribution in [0.25, 0.3) is 16.6 Å². The van der Waals surface area contributed by atoms with Gasteiger partial charge in [0.1, 0.15) is 6.04 Å². The highest BCUT2D eigenvalue weighted by Gasteiger charge is 2.24. The number of aromatic nitrogens is 2. The zero-order chi connectivity index (χ0) is 32.3. The third-order valence-electron chi connectivity index (χ3n) is 7.02. The lowest BCUT2D eigenvalue weighted by atomic mass is 10.0. The van der Waals surface area contributed by atoms with Gasteiger partial charge in [-0.1, -0.05) is 61.0 Å². The number of halogens is 2. The average Bonchev–Trinajstić information content (AvgIpc) is 2.95. The van der Waals surface area contributed by atoms with Gasteiger partial charge < -0.3 is 15.2 Å². The van der Waals surface area contributed by atoms with E-state index in [9.17, 15) is 29.1 Å². The molecule has 13 heteroatoms. The minimum Gasteiger partial charge on any atom is -0.480 e. The van der Waals surface area contributed by atoms with Crippen LogP contribution in [0.15, 0.2) is 70.3 Å². The van der Waals surface area contributed by atoms with Crippen LogP contribution in [0.2, 0.25) is 35.7 Å². The van der Waals surface area contributed by atoms with E-state index in [1.54, 1.807) is 18.2 Å². The molecule has 0 fully saturated rings. The van der Waals surface area contributed by atoms with Crippen molar-refractivity contribution in [1.29, 1.82) is 0 Å². The Morgan fingerprint density at radius 1 is 0.977 bits per heavy atom. The van der Waals surface area contributed by atoms with Crippen LogP contribution in [0, 0.1) is 0 Å². The number of amides is 1. The van der Waals surface area contributed by atoms with Gasteiger partial charge in [-0.3, -0.25) is 14.2 Å². The van der Waals surface area contributed by atoms with E-state index >= 15 is 0 Å². The van der Waals surface area contributed by atoms with Gasteiger partial charge in [0.15, 0.2) is 0 Å². The molecule has 230 valence electrons. The molecule has 4 aromatic rings.